The van der Waals surface area contributed by atoms with Crippen LogP contribution < -0.4 is 5.32 Å². The van der Waals surface area contributed by atoms with Gasteiger partial charge in [-0.1, -0.05) is 12.1 Å². The molecule has 1 atom stereocenters. The molecule has 1 heterocycles. The highest BCUT2D eigenvalue weighted by Gasteiger charge is 2.11. The molecule has 0 spiro atoms. The largest absolute Gasteiger partial charge is 0.381 e. The van der Waals surface area contributed by atoms with Gasteiger partial charge in [0.25, 0.3) is 0 Å². The zero-order valence-electron chi connectivity index (χ0n) is 10.4. The molecular weight excluding hydrogens is 248 g/mol. The monoisotopic (exact) mass is 264 g/mol. The van der Waals surface area contributed by atoms with Crippen molar-refractivity contribution >= 4 is 26.3 Å². The van der Waals surface area contributed by atoms with E-state index in [2.05, 4.69) is 10.3 Å². The van der Waals surface area contributed by atoms with Crippen LogP contribution in [0.4, 0.5) is 5.69 Å². The van der Waals surface area contributed by atoms with Gasteiger partial charge in [0, 0.05) is 35.8 Å². The minimum absolute atomic E-state index is 0.115. The van der Waals surface area contributed by atoms with E-state index in [-0.39, 0.29) is 11.8 Å². The summed E-state index contributed by atoms with van der Waals surface area (Å²) in [5.41, 5.74) is 0.914. The van der Waals surface area contributed by atoms with E-state index in [9.17, 15) is 8.42 Å². The summed E-state index contributed by atoms with van der Waals surface area (Å²) in [4.78, 5) is 4.10. The lowest BCUT2D eigenvalue weighted by molar-refractivity contribution is 0.598. The van der Waals surface area contributed by atoms with Gasteiger partial charge in [-0.05, 0) is 24.4 Å². The van der Waals surface area contributed by atoms with Crippen molar-refractivity contribution in [3.63, 3.8) is 0 Å². The Hall–Kier alpha value is -1.62. The van der Waals surface area contributed by atoms with Gasteiger partial charge in [0.1, 0.15) is 9.84 Å². The Morgan fingerprint density at radius 3 is 2.83 bits per heavy atom. The molecule has 1 unspecified atom stereocenters. The molecule has 2 aromatic rings. The molecule has 0 aliphatic heterocycles. The van der Waals surface area contributed by atoms with E-state index in [0.717, 1.165) is 16.5 Å². The van der Waals surface area contributed by atoms with E-state index in [1.165, 1.54) is 6.26 Å². The third kappa shape index (κ3) is 3.20. The highest BCUT2D eigenvalue weighted by Crippen LogP contribution is 2.22. The molecule has 2 rings (SSSR count). The molecule has 0 aliphatic rings. The first-order valence-corrected chi connectivity index (χ1v) is 7.79. The first-order chi connectivity index (χ1) is 8.46. The summed E-state index contributed by atoms with van der Waals surface area (Å²) in [5.74, 6) is 0.115. The fraction of sp³-hybridized carbons (Fsp3) is 0.308. The number of nitrogens with zero attached hydrogens (tertiary/aromatic N) is 1. The Morgan fingerprint density at radius 2 is 2.11 bits per heavy atom. The molecule has 0 radical (unpaired) electrons. The molecule has 0 aliphatic carbocycles. The fourth-order valence-electron chi connectivity index (χ4n) is 2.00. The molecule has 0 amide bonds. The van der Waals surface area contributed by atoms with Crippen LogP contribution in [0.2, 0.25) is 0 Å². The molecule has 18 heavy (non-hydrogen) atoms. The van der Waals surface area contributed by atoms with Crippen LogP contribution >= 0.6 is 0 Å². The lowest BCUT2D eigenvalue weighted by atomic mass is 10.1. The van der Waals surface area contributed by atoms with Crippen molar-refractivity contribution in [3.05, 3.63) is 36.7 Å². The van der Waals surface area contributed by atoms with E-state index < -0.39 is 9.84 Å². The number of hydrogen-bond acceptors (Lipinski definition) is 4. The maximum Gasteiger partial charge on any atom is 0.149 e. The second-order valence-corrected chi connectivity index (χ2v) is 6.73. The zero-order valence-corrected chi connectivity index (χ0v) is 11.2. The van der Waals surface area contributed by atoms with Gasteiger partial charge in [0.15, 0.2) is 0 Å². The Bertz CT molecular complexity index is 648. The van der Waals surface area contributed by atoms with Crippen molar-refractivity contribution in [3.8, 4) is 0 Å². The van der Waals surface area contributed by atoms with Gasteiger partial charge in [-0.2, -0.15) is 0 Å². The van der Waals surface area contributed by atoms with Gasteiger partial charge in [0.2, 0.25) is 0 Å². The summed E-state index contributed by atoms with van der Waals surface area (Å²) in [6.07, 6.45) is 4.77. The highest BCUT2D eigenvalue weighted by atomic mass is 32.2. The van der Waals surface area contributed by atoms with E-state index >= 15 is 0 Å². The molecule has 0 saturated carbocycles. The molecule has 5 heteroatoms. The van der Waals surface area contributed by atoms with Crippen LogP contribution in [0.1, 0.15) is 6.92 Å². The van der Waals surface area contributed by atoms with Crippen molar-refractivity contribution in [1.82, 2.24) is 4.98 Å². The third-order valence-corrected chi connectivity index (χ3v) is 3.74. The van der Waals surface area contributed by atoms with Gasteiger partial charge in [-0.3, -0.25) is 4.98 Å². The molecule has 96 valence electrons. The summed E-state index contributed by atoms with van der Waals surface area (Å²) in [7, 11) is -2.97. The Kier molecular flexibility index (Phi) is 3.52. The number of pyridine rings is 1. The number of sulfone groups is 1. The summed E-state index contributed by atoms with van der Waals surface area (Å²) < 4.78 is 22.5. The van der Waals surface area contributed by atoms with Gasteiger partial charge in [-0.15, -0.1) is 0 Å². The van der Waals surface area contributed by atoms with Crippen LogP contribution in [0, 0.1) is 0 Å². The number of anilines is 1. The van der Waals surface area contributed by atoms with Gasteiger partial charge >= 0.3 is 0 Å². The summed E-state index contributed by atoms with van der Waals surface area (Å²) in [6, 6.07) is 7.68. The summed E-state index contributed by atoms with van der Waals surface area (Å²) in [5, 5.41) is 5.31. The van der Waals surface area contributed by atoms with Crippen LogP contribution in [0.15, 0.2) is 36.7 Å². The normalized spacial score (nSPS) is 13.4. The highest BCUT2D eigenvalue weighted by molar-refractivity contribution is 7.90. The maximum absolute atomic E-state index is 11.2. The predicted octanol–water partition coefficient (Wildman–Crippen LogP) is 2.08. The molecular formula is C13H16N2O2S. The number of aromatic nitrogens is 1. The van der Waals surface area contributed by atoms with Crippen molar-refractivity contribution in [2.24, 2.45) is 0 Å². The molecule has 0 fully saturated rings. The zero-order chi connectivity index (χ0) is 13.2. The van der Waals surface area contributed by atoms with Crippen LogP contribution in [-0.4, -0.2) is 31.5 Å². The van der Waals surface area contributed by atoms with Crippen LogP contribution in [0.5, 0.6) is 0 Å². The second kappa shape index (κ2) is 4.94. The average molecular weight is 264 g/mol. The van der Waals surface area contributed by atoms with Crippen molar-refractivity contribution in [2.45, 2.75) is 13.0 Å². The molecule has 0 saturated heterocycles. The lowest BCUT2D eigenvalue weighted by Gasteiger charge is -2.15. The van der Waals surface area contributed by atoms with E-state index in [1.54, 1.807) is 12.4 Å². The topological polar surface area (TPSA) is 59.1 Å². The van der Waals surface area contributed by atoms with E-state index in [0.29, 0.717) is 0 Å². The standard InChI is InChI=1S/C13H16N2O2S/c1-10(9-18(2,16)17)15-13-5-3-4-11-6-7-14-8-12(11)13/h3-8,10,15H,9H2,1-2H3. The summed E-state index contributed by atoms with van der Waals surface area (Å²) in [6.45, 7) is 1.86. The Labute approximate surface area is 107 Å². The smallest absolute Gasteiger partial charge is 0.149 e. The number of benzene rings is 1. The van der Waals surface area contributed by atoms with Crippen molar-refractivity contribution in [1.29, 1.82) is 0 Å². The van der Waals surface area contributed by atoms with E-state index in [1.807, 2.05) is 31.2 Å². The minimum Gasteiger partial charge on any atom is -0.381 e. The first-order valence-electron chi connectivity index (χ1n) is 5.73. The maximum atomic E-state index is 11.2. The van der Waals surface area contributed by atoms with Gasteiger partial charge in [-0.25, -0.2) is 8.42 Å². The average Bonchev–Trinajstić information content (AvgIpc) is 2.27. The number of hydrogen-bond donors (Lipinski definition) is 1. The number of nitrogens with one attached hydrogen (secondary N) is 1. The number of fused-ring (bicyclic) bond motifs is 1. The third-order valence-electron chi connectivity index (χ3n) is 2.64. The van der Waals surface area contributed by atoms with Crippen molar-refractivity contribution < 1.29 is 8.42 Å². The number of rotatable bonds is 4. The SMILES string of the molecule is CC(CS(C)(=O)=O)Nc1cccc2ccncc12. The molecule has 1 N–H and O–H groups in total. The fourth-order valence-corrected chi connectivity index (χ4v) is 2.99. The van der Waals surface area contributed by atoms with Crippen molar-refractivity contribution in [2.75, 3.05) is 17.3 Å². The lowest BCUT2D eigenvalue weighted by Crippen LogP contribution is -2.25. The van der Waals surface area contributed by atoms with E-state index in [4.69, 9.17) is 0 Å². The summed E-state index contributed by atoms with van der Waals surface area (Å²) >= 11 is 0. The quantitative estimate of drug-likeness (QED) is 0.918. The van der Waals surface area contributed by atoms with Gasteiger partial charge in [0.05, 0.1) is 5.75 Å². The Balaban J connectivity index is 2.27. The molecule has 1 aromatic heterocycles. The van der Waals surface area contributed by atoms with Crippen LogP contribution in [0.3, 0.4) is 0 Å². The van der Waals surface area contributed by atoms with Crippen LogP contribution in [0.25, 0.3) is 10.8 Å². The molecule has 0 bridgehead atoms. The predicted molar refractivity (Wildman–Crippen MR) is 74.5 cm³/mol. The first kappa shape index (κ1) is 12.8. The Morgan fingerprint density at radius 1 is 1.33 bits per heavy atom. The second-order valence-electron chi connectivity index (χ2n) is 4.54. The van der Waals surface area contributed by atoms with Gasteiger partial charge < -0.3 is 5.32 Å². The minimum atomic E-state index is -2.97. The van der Waals surface area contributed by atoms with Crippen LogP contribution in [-0.2, 0) is 9.84 Å². The molecule has 4 nitrogen and oxygen atoms in total. The molecule has 1 aromatic carbocycles.